The largest absolute Gasteiger partial charge is 0.493 e. The van der Waals surface area contributed by atoms with E-state index in [-0.39, 0.29) is 30.0 Å². The van der Waals surface area contributed by atoms with Crippen molar-refractivity contribution in [1.29, 1.82) is 0 Å². The lowest BCUT2D eigenvalue weighted by atomic mass is 10.2. The Morgan fingerprint density at radius 2 is 2.04 bits per heavy atom. The van der Waals surface area contributed by atoms with Gasteiger partial charge in [-0.25, -0.2) is 0 Å². The maximum atomic E-state index is 12.3. The number of carbonyl (C=O) groups excluding carboxylic acids is 2. The van der Waals surface area contributed by atoms with Crippen LogP contribution in [0.25, 0.3) is 0 Å². The van der Waals surface area contributed by atoms with Gasteiger partial charge in [0.1, 0.15) is 0 Å². The van der Waals surface area contributed by atoms with Crippen LogP contribution >= 0.6 is 0 Å². The number of nitrogens with one attached hydrogen (secondary N) is 1. The monoisotopic (exact) mass is 330 g/mol. The summed E-state index contributed by atoms with van der Waals surface area (Å²) >= 11 is 0. The first-order valence-corrected chi connectivity index (χ1v) is 7.49. The quantitative estimate of drug-likeness (QED) is 0.904. The van der Waals surface area contributed by atoms with Gasteiger partial charge >= 0.3 is 0 Å². The molecule has 3 rings (SSSR count). The summed E-state index contributed by atoms with van der Waals surface area (Å²) in [6, 6.07) is 8.23. The third kappa shape index (κ3) is 3.05. The number of nitrogens with zero attached hydrogens (tertiary/aromatic N) is 1. The van der Waals surface area contributed by atoms with Crippen molar-refractivity contribution in [2.75, 3.05) is 25.7 Å². The standard InChI is InChI=1S/C17H18N2O5/c1-22-13-6-5-12(9-15(13)23-2)19-10-11(8-16(19)20)18-17(21)14-4-3-7-24-14/h3-7,9,11H,8,10H2,1-2H3,(H,18,21). The van der Waals surface area contributed by atoms with Crippen molar-refractivity contribution in [3.63, 3.8) is 0 Å². The van der Waals surface area contributed by atoms with Crippen molar-refractivity contribution in [2.24, 2.45) is 0 Å². The molecule has 24 heavy (non-hydrogen) atoms. The summed E-state index contributed by atoms with van der Waals surface area (Å²) in [4.78, 5) is 25.9. The maximum Gasteiger partial charge on any atom is 0.287 e. The van der Waals surface area contributed by atoms with E-state index >= 15 is 0 Å². The van der Waals surface area contributed by atoms with Gasteiger partial charge in [0.2, 0.25) is 5.91 Å². The lowest BCUT2D eigenvalue weighted by Crippen LogP contribution is -2.37. The minimum absolute atomic E-state index is 0.0630. The second-order valence-corrected chi connectivity index (χ2v) is 5.40. The van der Waals surface area contributed by atoms with Gasteiger partial charge in [0.25, 0.3) is 5.91 Å². The predicted molar refractivity (Wildman–Crippen MR) is 86.5 cm³/mol. The molecule has 1 atom stereocenters. The van der Waals surface area contributed by atoms with Crippen LogP contribution in [0, 0.1) is 0 Å². The smallest absolute Gasteiger partial charge is 0.287 e. The number of methoxy groups -OCH3 is 2. The van der Waals surface area contributed by atoms with Crippen LogP contribution in [0.3, 0.4) is 0 Å². The van der Waals surface area contributed by atoms with E-state index in [1.807, 2.05) is 0 Å². The Morgan fingerprint density at radius 3 is 2.71 bits per heavy atom. The molecule has 1 aromatic heterocycles. The van der Waals surface area contributed by atoms with Gasteiger partial charge in [0, 0.05) is 24.7 Å². The maximum absolute atomic E-state index is 12.3. The fraction of sp³-hybridized carbons (Fsp3) is 0.294. The third-order valence-electron chi connectivity index (χ3n) is 3.88. The number of rotatable bonds is 5. The van der Waals surface area contributed by atoms with Crippen molar-refractivity contribution in [2.45, 2.75) is 12.5 Å². The number of hydrogen-bond donors (Lipinski definition) is 1. The molecule has 2 heterocycles. The number of ether oxygens (including phenoxy) is 2. The molecule has 1 unspecified atom stereocenters. The molecule has 7 nitrogen and oxygen atoms in total. The highest BCUT2D eigenvalue weighted by Crippen LogP contribution is 2.33. The van der Waals surface area contributed by atoms with Crippen molar-refractivity contribution in [3.05, 3.63) is 42.4 Å². The molecule has 126 valence electrons. The number of benzene rings is 1. The normalized spacial score (nSPS) is 17.0. The van der Waals surface area contributed by atoms with E-state index in [1.165, 1.54) is 6.26 Å². The molecule has 1 fully saturated rings. The molecule has 1 aliphatic rings. The molecule has 0 spiro atoms. The van der Waals surface area contributed by atoms with Crippen LogP contribution in [0.5, 0.6) is 11.5 Å². The topological polar surface area (TPSA) is 81.0 Å². The molecule has 0 bridgehead atoms. The molecular weight excluding hydrogens is 312 g/mol. The van der Waals surface area contributed by atoms with Gasteiger partial charge in [-0.2, -0.15) is 0 Å². The lowest BCUT2D eigenvalue weighted by Gasteiger charge is -2.18. The van der Waals surface area contributed by atoms with E-state index in [9.17, 15) is 9.59 Å². The molecule has 1 aliphatic heterocycles. The summed E-state index contributed by atoms with van der Waals surface area (Å²) in [7, 11) is 3.10. The van der Waals surface area contributed by atoms with E-state index in [0.29, 0.717) is 23.7 Å². The van der Waals surface area contributed by atoms with Crippen LogP contribution in [-0.2, 0) is 4.79 Å². The zero-order valence-corrected chi connectivity index (χ0v) is 13.4. The third-order valence-corrected chi connectivity index (χ3v) is 3.88. The van der Waals surface area contributed by atoms with Crippen molar-refractivity contribution in [3.8, 4) is 11.5 Å². The first-order chi connectivity index (χ1) is 11.6. The summed E-state index contributed by atoms with van der Waals surface area (Å²) in [5.41, 5.74) is 0.701. The summed E-state index contributed by atoms with van der Waals surface area (Å²) < 4.78 is 15.5. The number of amides is 2. The van der Waals surface area contributed by atoms with E-state index in [4.69, 9.17) is 13.9 Å². The molecule has 2 aromatic rings. The summed E-state index contributed by atoms with van der Waals surface area (Å²) in [5, 5.41) is 2.81. The Kier molecular flexibility index (Phi) is 4.41. The molecule has 0 aliphatic carbocycles. The molecule has 1 N–H and O–H groups in total. The average Bonchev–Trinajstić information content (AvgIpc) is 3.24. The lowest BCUT2D eigenvalue weighted by molar-refractivity contribution is -0.117. The first-order valence-electron chi connectivity index (χ1n) is 7.49. The van der Waals surface area contributed by atoms with Gasteiger partial charge in [0.15, 0.2) is 17.3 Å². The summed E-state index contributed by atoms with van der Waals surface area (Å²) in [6.45, 7) is 0.390. The minimum Gasteiger partial charge on any atom is -0.493 e. The Hall–Kier alpha value is -2.96. The molecule has 0 saturated carbocycles. The summed E-state index contributed by atoms with van der Waals surface area (Å²) in [6.07, 6.45) is 1.67. The Labute approximate surface area is 139 Å². The zero-order valence-electron chi connectivity index (χ0n) is 13.4. The molecule has 1 saturated heterocycles. The predicted octanol–water partition coefficient (Wildman–Crippen LogP) is 1.83. The van der Waals surface area contributed by atoms with Crippen LogP contribution in [-0.4, -0.2) is 38.6 Å². The fourth-order valence-corrected chi connectivity index (χ4v) is 2.71. The molecule has 1 aromatic carbocycles. The van der Waals surface area contributed by atoms with Crippen LogP contribution in [0.15, 0.2) is 41.0 Å². The molecular formula is C17H18N2O5. The second-order valence-electron chi connectivity index (χ2n) is 5.40. The molecule has 0 radical (unpaired) electrons. The number of furan rings is 1. The number of carbonyl (C=O) groups is 2. The Balaban J connectivity index is 1.72. The van der Waals surface area contributed by atoms with Crippen molar-refractivity contribution in [1.82, 2.24) is 5.32 Å². The number of anilines is 1. The molecule has 2 amide bonds. The van der Waals surface area contributed by atoms with Crippen LogP contribution in [0.2, 0.25) is 0 Å². The van der Waals surface area contributed by atoms with Gasteiger partial charge in [-0.05, 0) is 24.3 Å². The van der Waals surface area contributed by atoms with E-state index in [2.05, 4.69) is 5.32 Å². The summed E-state index contributed by atoms with van der Waals surface area (Å²) in [5.74, 6) is 0.979. The first kappa shape index (κ1) is 15.9. The number of hydrogen-bond acceptors (Lipinski definition) is 5. The Bertz CT molecular complexity index is 741. The Morgan fingerprint density at radius 1 is 1.25 bits per heavy atom. The fourth-order valence-electron chi connectivity index (χ4n) is 2.71. The second kappa shape index (κ2) is 6.66. The van der Waals surface area contributed by atoms with Crippen molar-refractivity contribution >= 4 is 17.5 Å². The van der Waals surface area contributed by atoms with Crippen LogP contribution in [0.4, 0.5) is 5.69 Å². The van der Waals surface area contributed by atoms with Crippen LogP contribution in [0.1, 0.15) is 17.0 Å². The van der Waals surface area contributed by atoms with Gasteiger partial charge in [0.05, 0.1) is 26.5 Å². The van der Waals surface area contributed by atoms with Gasteiger partial charge < -0.3 is 24.1 Å². The van der Waals surface area contributed by atoms with Crippen molar-refractivity contribution < 1.29 is 23.5 Å². The SMILES string of the molecule is COc1ccc(N2CC(NC(=O)c3ccco3)CC2=O)cc1OC. The van der Waals surface area contributed by atoms with E-state index in [0.717, 1.165) is 0 Å². The minimum atomic E-state index is -0.327. The van der Waals surface area contributed by atoms with Gasteiger partial charge in [-0.1, -0.05) is 0 Å². The van der Waals surface area contributed by atoms with Crippen LogP contribution < -0.4 is 19.7 Å². The van der Waals surface area contributed by atoms with Gasteiger partial charge in [-0.15, -0.1) is 0 Å². The highest BCUT2D eigenvalue weighted by Gasteiger charge is 2.32. The highest BCUT2D eigenvalue weighted by atomic mass is 16.5. The molecule has 7 heteroatoms. The zero-order chi connectivity index (χ0) is 17.1. The van der Waals surface area contributed by atoms with E-state index in [1.54, 1.807) is 49.5 Å². The average molecular weight is 330 g/mol. The van der Waals surface area contributed by atoms with Gasteiger partial charge in [-0.3, -0.25) is 9.59 Å². The highest BCUT2D eigenvalue weighted by molar-refractivity contribution is 5.98. The van der Waals surface area contributed by atoms with E-state index < -0.39 is 0 Å².